The van der Waals surface area contributed by atoms with Crippen LogP contribution in [0.15, 0.2) is 0 Å². The number of aliphatic hydroxyl groups is 6. The molecule has 1 saturated heterocycles. The molecule has 0 spiro atoms. The maximum Gasteiger partial charge on any atom is 0.341 e. The molecule has 1 unspecified atom stereocenters. The average molecular weight is 268 g/mol. The Labute approximate surface area is 101 Å². The summed E-state index contributed by atoms with van der Waals surface area (Å²) in [5, 5.41) is 64.8. The van der Waals surface area contributed by atoms with Crippen LogP contribution in [0.25, 0.3) is 0 Å². The molecular formula is C9H16O9. The fraction of sp³-hybridized carbons (Fsp3) is 0.889. The summed E-state index contributed by atoms with van der Waals surface area (Å²) in [4.78, 5) is 10.9. The fourth-order valence-corrected chi connectivity index (χ4v) is 1.78. The first-order chi connectivity index (χ1) is 8.29. The van der Waals surface area contributed by atoms with Crippen molar-refractivity contribution in [1.82, 2.24) is 0 Å². The normalized spacial score (nSPS) is 40.2. The molecule has 1 aliphatic rings. The van der Waals surface area contributed by atoms with Gasteiger partial charge < -0.3 is 40.5 Å². The van der Waals surface area contributed by atoms with Gasteiger partial charge in [-0.25, -0.2) is 4.79 Å². The van der Waals surface area contributed by atoms with Crippen molar-refractivity contribution in [2.24, 2.45) is 0 Å². The molecule has 6 atom stereocenters. The predicted octanol–water partition coefficient (Wildman–Crippen LogP) is -4.36. The maximum atomic E-state index is 10.9. The fourth-order valence-electron chi connectivity index (χ4n) is 1.78. The van der Waals surface area contributed by atoms with Gasteiger partial charge in [0, 0.05) is 0 Å². The van der Waals surface area contributed by atoms with Gasteiger partial charge in [0.15, 0.2) is 0 Å². The summed E-state index contributed by atoms with van der Waals surface area (Å²) in [5.41, 5.74) is -2.85. The van der Waals surface area contributed by atoms with Crippen LogP contribution in [-0.4, -0.2) is 91.0 Å². The van der Waals surface area contributed by atoms with Crippen molar-refractivity contribution >= 4 is 5.97 Å². The van der Waals surface area contributed by atoms with Crippen LogP contribution in [0.4, 0.5) is 0 Å². The Morgan fingerprint density at radius 1 is 1.11 bits per heavy atom. The van der Waals surface area contributed by atoms with Crippen LogP contribution in [0.2, 0.25) is 0 Å². The standard InChI is InChI=1S/C9H16O9/c10-1-3-4(12)5(13)6(14)7(18-3)9(17,2-11)8(15)16/h3-7,10-14,17H,1-2H2,(H,15,16)/t3-,4-,5+,6+,7+,9?/m1/s1. The van der Waals surface area contributed by atoms with Crippen molar-refractivity contribution in [1.29, 1.82) is 0 Å². The minimum atomic E-state index is -2.85. The second-order valence-corrected chi connectivity index (χ2v) is 4.14. The van der Waals surface area contributed by atoms with E-state index in [1.54, 1.807) is 0 Å². The van der Waals surface area contributed by atoms with E-state index in [0.29, 0.717) is 0 Å². The molecule has 0 aliphatic carbocycles. The minimum Gasteiger partial charge on any atom is -0.479 e. The van der Waals surface area contributed by atoms with Gasteiger partial charge in [0.1, 0.15) is 30.5 Å². The van der Waals surface area contributed by atoms with E-state index in [0.717, 1.165) is 0 Å². The van der Waals surface area contributed by atoms with Crippen molar-refractivity contribution in [2.75, 3.05) is 13.2 Å². The molecule has 1 heterocycles. The highest BCUT2D eigenvalue weighted by atomic mass is 16.6. The molecular weight excluding hydrogens is 252 g/mol. The summed E-state index contributed by atoms with van der Waals surface area (Å²) in [6, 6.07) is 0. The van der Waals surface area contributed by atoms with Gasteiger partial charge in [-0.2, -0.15) is 0 Å². The molecule has 9 heteroatoms. The van der Waals surface area contributed by atoms with Crippen LogP contribution >= 0.6 is 0 Å². The van der Waals surface area contributed by atoms with Gasteiger partial charge in [0.05, 0.1) is 13.2 Å². The van der Waals surface area contributed by atoms with Crippen molar-refractivity contribution in [3.05, 3.63) is 0 Å². The van der Waals surface area contributed by atoms with Gasteiger partial charge in [-0.1, -0.05) is 0 Å². The lowest BCUT2D eigenvalue weighted by Gasteiger charge is -2.44. The van der Waals surface area contributed by atoms with E-state index >= 15 is 0 Å². The molecule has 7 N–H and O–H groups in total. The largest absolute Gasteiger partial charge is 0.479 e. The van der Waals surface area contributed by atoms with Crippen LogP contribution in [0.5, 0.6) is 0 Å². The highest BCUT2D eigenvalue weighted by Gasteiger charge is 2.55. The van der Waals surface area contributed by atoms with E-state index < -0.39 is 55.3 Å². The lowest BCUT2D eigenvalue weighted by atomic mass is 9.85. The SMILES string of the molecule is O=C(O)C(O)(CO)[C@H]1O[C@H](CO)[C@@H](O)[C@H](O)[C@@H]1O. The molecule has 0 amide bonds. The van der Waals surface area contributed by atoms with Crippen LogP contribution < -0.4 is 0 Å². The molecule has 9 nitrogen and oxygen atoms in total. The smallest absolute Gasteiger partial charge is 0.341 e. The maximum absolute atomic E-state index is 10.9. The summed E-state index contributed by atoms with van der Waals surface area (Å²) in [5.74, 6) is -1.87. The third kappa shape index (κ3) is 2.34. The van der Waals surface area contributed by atoms with Crippen LogP contribution in [-0.2, 0) is 9.53 Å². The highest BCUT2D eigenvalue weighted by Crippen LogP contribution is 2.28. The quantitative estimate of drug-likeness (QED) is 0.266. The Kier molecular flexibility index (Phi) is 4.61. The van der Waals surface area contributed by atoms with E-state index in [1.807, 2.05) is 0 Å². The molecule has 1 rings (SSSR count). The van der Waals surface area contributed by atoms with Crippen molar-refractivity contribution in [3.63, 3.8) is 0 Å². The van der Waals surface area contributed by atoms with Crippen LogP contribution in [0.3, 0.4) is 0 Å². The second kappa shape index (κ2) is 5.45. The van der Waals surface area contributed by atoms with E-state index in [9.17, 15) is 25.2 Å². The Hall–Kier alpha value is -0.810. The second-order valence-electron chi connectivity index (χ2n) is 4.14. The van der Waals surface area contributed by atoms with E-state index in [4.69, 9.17) is 20.1 Å². The first-order valence-electron chi connectivity index (χ1n) is 5.16. The average Bonchev–Trinajstić information content (AvgIpc) is 2.35. The lowest BCUT2D eigenvalue weighted by Crippen LogP contribution is -2.68. The lowest BCUT2D eigenvalue weighted by molar-refractivity contribution is -0.274. The number of carboxylic acid groups (broad SMARTS) is 1. The number of hydrogen-bond donors (Lipinski definition) is 7. The third-order valence-corrected chi connectivity index (χ3v) is 2.97. The van der Waals surface area contributed by atoms with E-state index in [1.165, 1.54) is 0 Å². The molecule has 0 radical (unpaired) electrons. The van der Waals surface area contributed by atoms with E-state index in [-0.39, 0.29) is 0 Å². The predicted molar refractivity (Wildman–Crippen MR) is 53.4 cm³/mol. The van der Waals surface area contributed by atoms with Gasteiger partial charge in [0.25, 0.3) is 0 Å². The summed E-state index contributed by atoms with van der Waals surface area (Å²) in [7, 11) is 0. The molecule has 1 fully saturated rings. The zero-order valence-corrected chi connectivity index (χ0v) is 9.25. The minimum absolute atomic E-state index is 0.761. The monoisotopic (exact) mass is 268 g/mol. The molecule has 0 saturated carbocycles. The number of rotatable bonds is 4. The van der Waals surface area contributed by atoms with Gasteiger partial charge in [-0.3, -0.25) is 0 Å². The Balaban J connectivity index is 3.04. The summed E-state index contributed by atoms with van der Waals surface area (Å²) >= 11 is 0. The van der Waals surface area contributed by atoms with Gasteiger partial charge in [0.2, 0.25) is 5.60 Å². The number of hydrogen-bond acceptors (Lipinski definition) is 8. The van der Waals surface area contributed by atoms with Gasteiger partial charge >= 0.3 is 5.97 Å². The van der Waals surface area contributed by atoms with E-state index in [2.05, 4.69) is 0 Å². The number of ether oxygens (including phenoxy) is 1. The van der Waals surface area contributed by atoms with Crippen LogP contribution in [0, 0.1) is 0 Å². The Morgan fingerprint density at radius 3 is 2.06 bits per heavy atom. The number of carboxylic acids is 1. The highest BCUT2D eigenvalue weighted by molar-refractivity contribution is 5.78. The molecule has 106 valence electrons. The van der Waals surface area contributed by atoms with Crippen molar-refractivity contribution < 1.29 is 45.3 Å². The molecule has 18 heavy (non-hydrogen) atoms. The van der Waals surface area contributed by atoms with Crippen LogP contribution in [0.1, 0.15) is 0 Å². The molecule has 0 aromatic heterocycles. The molecule has 1 aliphatic heterocycles. The first-order valence-corrected chi connectivity index (χ1v) is 5.16. The number of aliphatic carboxylic acids is 1. The van der Waals surface area contributed by atoms with Gasteiger partial charge in [-0.15, -0.1) is 0 Å². The molecule has 0 aromatic carbocycles. The van der Waals surface area contributed by atoms with Crippen molar-refractivity contribution in [3.8, 4) is 0 Å². The van der Waals surface area contributed by atoms with Crippen molar-refractivity contribution in [2.45, 2.75) is 36.1 Å². The molecule has 0 aromatic rings. The summed E-state index contributed by atoms with van der Waals surface area (Å²) in [6.07, 6.45) is -8.67. The zero-order chi connectivity index (χ0) is 14.1. The number of carbonyl (C=O) groups is 1. The Bertz CT molecular complexity index is 306. The molecule has 0 bridgehead atoms. The zero-order valence-electron chi connectivity index (χ0n) is 9.25. The Morgan fingerprint density at radius 2 is 1.67 bits per heavy atom. The third-order valence-electron chi connectivity index (χ3n) is 2.97. The van der Waals surface area contributed by atoms with Gasteiger partial charge in [-0.05, 0) is 0 Å². The summed E-state index contributed by atoms with van der Waals surface area (Å²) in [6.45, 7) is -2.03. The number of aliphatic hydroxyl groups excluding tert-OH is 5. The summed E-state index contributed by atoms with van der Waals surface area (Å²) < 4.78 is 4.85. The first kappa shape index (κ1) is 15.2. The topological polar surface area (TPSA) is 168 Å².